The predicted octanol–water partition coefficient (Wildman–Crippen LogP) is 5.60. The minimum Gasteiger partial charge on any atom is -0.457 e. The van der Waals surface area contributed by atoms with Crippen LogP contribution in [0.5, 0.6) is 11.5 Å². The number of carbonyl (C=O) groups excluding carboxylic acids is 2. The quantitative estimate of drug-likeness (QED) is 0.268. The van der Waals surface area contributed by atoms with Crippen LogP contribution in [0.3, 0.4) is 0 Å². The SMILES string of the molecule is Nc1ncnc2c1c(-c1ccc(Oc3ccccc3)cc1)nn2CCN1C(=O)S/C(=C\c2ccccc2)C1=O. The molecule has 0 spiro atoms. The third-order valence-corrected chi connectivity index (χ3v) is 7.08. The summed E-state index contributed by atoms with van der Waals surface area (Å²) < 4.78 is 7.55. The topological polar surface area (TPSA) is 116 Å². The van der Waals surface area contributed by atoms with Crippen molar-refractivity contribution in [2.45, 2.75) is 6.54 Å². The van der Waals surface area contributed by atoms with Gasteiger partial charge in [-0.15, -0.1) is 0 Å². The van der Waals surface area contributed by atoms with E-state index in [2.05, 4.69) is 9.97 Å². The zero-order valence-corrected chi connectivity index (χ0v) is 21.4. The fraction of sp³-hybridized carbons (Fsp3) is 0.0690. The van der Waals surface area contributed by atoms with Crippen LogP contribution in [0.15, 0.2) is 96.2 Å². The Kier molecular flexibility index (Phi) is 6.52. The number of hydrogen-bond donors (Lipinski definition) is 1. The zero-order valence-electron chi connectivity index (χ0n) is 20.6. The van der Waals surface area contributed by atoms with Crippen molar-refractivity contribution in [1.29, 1.82) is 0 Å². The lowest BCUT2D eigenvalue weighted by atomic mass is 10.1. The summed E-state index contributed by atoms with van der Waals surface area (Å²) in [7, 11) is 0. The molecule has 0 unspecified atom stereocenters. The summed E-state index contributed by atoms with van der Waals surface area (Å²) in [4.78, 5) is 35.8. The molecule has 5 aromatic rings. The molecule has 1 fully saturated rings. The number of para-hydroxylation sites is 1. The van der Waals surface area contributed by atoms with E-state index in [1.807, 2.05) is 84.9 Å². The van der Waals surface area contributed by atoms with E-state index in [0.717, 1.165) is 28.6 Å². The summed E-state index contributed by atoms with van der Waals surface area (Å²) in [6.45, 7) is 0.388. The first-order valence-corrected chi connectivity index (χ1v) is 13.0. The van der Waals surface area contributed by atoms with Gasteiger partial charge in [-0.2, -0.15) is 5.10 Å². The highest BCUT2D eigenvalue weighted by Crippen LogP contribution is 2.34. The van der Waals surface area contributed by atoms with E-state index in [1.165, 1.54) is 11.2 Å². The van der Waals surface area contributed by atoms with Crippen molar-refractivity contribution in [3.8, 4) is 22.8 Å². The molecule has 10 heteroatoms. The van der Waals surface area contributed by atoms with Gasteiger partial charge < -0.3 is 10.5 Å². The molecule has 2 aromatic heterocycles. The highest BCUT2D eigenvalue weighted by atomic mass is 32.2. The van der Waals surface area contributed by atoms with Gasteiger partial charge in [0.1, 0.15) is 29.3 Å². The average Bonchev–Trinajstić information content (AvgIpc) is 3.46. The van der Waals surface area contributed by atoms with E-state index in [4.69, 9.17) is 15.6 Å². The second-order valence-electron chi connectivity index (χ2n) is 8.71. The summed E-state index contributed by atoms with van der Waals surface area (Å²) in [6, 6.07) is 26.4. The fourth-order valence-electron chi connectivity index (χ4n) is 4.28. The molecule has 0 atom stereocenters. The minimum absolute atomic E-state index is 0.140. The smallest absolute Gasteiger partial charge is 0.293 e. The Morgan fingerprint density at radius 3 is 2.28 bits per heavy atom. The normalized spacial score (nSPS) is 14.5. The van der Waals surface area contributed by atoms with Gasteiger partial charge in [0, 0.05) is 12.1 Å². The third-order valence-electron chi connectivity index (χ3n) is 6.17. The molecule has 0 radical (unpaired) electrons. The predicted molar refractivity (Wildman–Crippen MR) is 151 cm³/mol. The van der Waals surface area contributed by atoms with Crippen LogP contribution < -0.4 is 10.5 Å². The third kappa shape index (κ3) is 4.97. The molecule has 0 saturated carbocycles. The van der Waals surface area contributed by atoms with E-state index in [1.54, 1.807) is 10.8 Å². The lowest BCUT2D eigenvalue weighted by Gasteiger charge is -2.12. The van der Waals surface area contributed by atoms with Crippen LogP contribution in [-0.2, 0) is 11.3 Å². The maximum atomic E-state index is 13.0. The number of fused-ring (bicyclic) bond motifs is 1. The molecule has 1 saturated heterocycles. The molecule has 3 heterocycles. The van der Waals surface area contributed by atoms with Crippen LogP contribution in [0.4, 0.5) is 10.6 Å². The Morgan fingerprint density at radius 2 is 1.54 bits per heavy atom. The first-order valence-electron chi connectivity index (χ1n) is 12.2. The van der Waals surface area contributed by atoms with Crippen LogP contribution in [0.25, 0.3) is 28.4 Å². The molecule has 2 amide bonds. The maximum absolute atomic E-state index is 13.0. The van der Waals surface area contributed by atoms with Gasteiger partial charge >= 0.3 is 0 Å². The van der Waals surface area contributed by atoms with Crippen LogP contribution in [0, 0.1) is 0 Å². The van der Waals surface area contributed by atoms with Gasteiger partial charge in [0.2, 0.25) is 0 Å². The number of benzene rings is 3. The van der Waals surface area contributed by atoms with E-state index in [9.17, 15) is 9.59 Å². The number of nitrogen functional groups attached to an aromatic ring is 1. The Balaban J connectivity index is 1.24. The van der Waals surface area contributed by atoms with Crippen molar-refractivity contribution >= 4 is 45.8 Å². The standard InChI is InChI=1S/C29H22N6O3S/c30-26-24-25(20-11-13-22(14-12-20)38-21-9-5-2-6-10-21)33-35(27(24)32-18-31-26)16-15-34-28(36)23(39-29(34)37)17-19-7-3-1-4-8-19/h1-14,17-18H,15-16H2,(H2,30,31,32)/b23-17-. The van der Waals surface area contributed by atoms with Gasteiger partial charge in [0.25, 0.3) is 11.1 Å². The number of amides is 2. The summed E-state index contributed by atoms with van der Waals surface area (Å²) >= 11 is 0.933. The molecule has 0 aliphatic carbocycles. The average molecular weight is 535 g/mol. The largest absolute Gasteiger partial charge is 0.457 e. The Morgan fingerprint density at radius 1 is 0.846 bits per heavy atom. The van der Waals surface area contributed by atoms with Crippen LogP contribution >= 0.6 is 11.8 Å². The number of nitrogens with two attached hydrogens (primary N) is 1. The lowest BCUT2D eigenvalue weighted by Crippen LogP contribution is -2.31. The van der Waals surface area contributed by atoms with Crippen molar-refractivity contribution in [3.63, 3.8) is 0 Å². The monoisotopic (exact) mass is 534 g/mol. The molecule has 6 rings (SSSR count). The van der Waals surface area contributed by atoms with Crippen LogP contribution in [-0.4, -0.2) is 42.3 Å². The number of nitrogens with zero attached hydrogens (tertiary/aromatic N) is 5. The number of aromatic nitrogens is 4. The van der Waals surface area contributed by atoms with E-state index >= 15 is 0 Å². The van der Waals surface area contributed by atoms with Crippen molar-refractivity contribution in [2.24, 2.45) is 0 Å². The molecular weight excluding hydrogens is 512 g/mol. The highest BCUT2D eigenvalue weighted by Gasteiger charge is 2.35. The van der Waals surface area contributed by atoms with Gasteiger partial charge in [0.05, 0.1) is 16.8 Å². The minimum atomic E-state index is -0.325. The number of anilines is 1. The summed E-state index contributed by atoms with van der Waals surface area (Å²) in [6.07, 6.45) is 3.10. The number of ether oxygens (including phenoxy) is 1. The second-order valence-corrected chi connectivity index (χ2v) is 9.71. The summed E-state index contributed by atoms with van der Waals surface area (Å²) in [5.74, 6) is 1.39. The second kappa shape index (κ2) is 10.4. The Bertz CT molecular complexity index is 1700. The number of hydrogen-bond acceptors (Lipinski definition) is 8. The van der Waals surface area contributed by atoms with Crippen molar-refractivity contribution in [1.82, 2.24) is 24.6 Å². The van der Waals surface area contributed by atoms with Gasteiger partial charge in [-0.3, -0.25) is 14.5 Å². The number of carbonyl (C=O) groups is 2. The maximum Gasteiger partial charge on any atom is 0.293 e. The van der Waals surface area contributed by atoms with E-state index in [-0.39, 0.29) is 24.2 Å². The van der Waals surface area contributed by atoms with Crippen molar-refractivity contribution in [2.75, 3.05) is 12.3 Å². The summed E-state index contributed by atoms with van der Waals surface area (Å²) in [5.41, 5.74) is 9.02. The molecule has 1 aliphatic heterocycles. The Hall–Kier alpha value is -4.96. The van der Waals surface area contributed by atoms with Gasteiger partial charge in [0.15, 0.2) is 5.65 Å². The number of rotatable bonds is 7. The first-order chi connectivity index (χ1) is 19.1. The van der Waals surface area contributed by atoms with Crippen molar-refractivity contribution in [3.05, 3.63) is 102 Å². The van der Waals surface area contributed by atoms with E-state index < -0.39 is 0 Å². The lowest BCUT2D eigenvalue weighted by molar-refractivity contribution is -0.122. The molecule has 1 aliphatic rings. The van der Waals surface area contributed by atoms with Gasteiger partial charge in [-0.25, -0.2) is 14.6 Å². The number of thioether (sulfide) groups is 1. The van der Waals surface area contributed by atoms with Gasteiger partial charge in [-0.1, -0.05) is 48.5 Å². The highest BCUT2D eigenvalue weighted by molar-refractivity contribution is 8.18. The zero-order chi connectivity index (χ0) is 26.8. The molecule has 39 heavy (non-hydrogen) atoms. The first kappa shape index (κ1) is 24.4. The fourth-order valence-corrected chi connectivity index (χ4v) is 5.15. The molecular formula is C29H22N6O3S. The van der Waals surface area contributed by atoms with Crippen molar-refractivity contribution < 1.29 is 14.3 Å². The molecule has 0 bridgehead atoms. The van der Waals surface area contributed by atoms with Gasteiger partial charge in [-0.05, 0) is 59.8 Å². The molecule has 2 N–H and O–H groups in total. The van der Waals surface area contributed by atoms with Crippen LogP contribution in [0.2, 0.25) is 0 Å². The Labute approximate surface area is 227 Å². The molecule has 3 aromatic carbocycles. The van der Waals surface area contributed by atoms with E-state index in [0.29, 0.717) is 33.2 Å². The molecule has 9 nitrogen and oxygen atoms in total. The summed E-state index contributed by atoms with van der Waals surface area (Å²) in [5, 5.41) is 5.04. The number of imide groups is 1. The van der Waals surface area contributed by atoms with Crippen LogP contribution in [0.1, 0.15) is 5.56 Å². The molecule has 192 valence electrons.